The number of ether oxygens (including phenoxy) is 2. The predicted octanol–water partition coefficient (Wildman–Crippen LogP) is 2.15. The van der Waals surface area contributed by atoms with Gasteiger partial charge in [-0.15, -0.1) is 12.4 Å². The number of hydrogen-bond acceptors (Lipinski definition) is 3. The summed E-state index contributed by atoms with van der Waals surface area (Å²) in [6.45, 7) is 3.12. The van der Waals surface area contributed by atoms with E-state index >= 15 is 0 Å². The van der Waals surface area contributed by atoms with Crippen molar-refractivity contribution in [2.45, 2.75) is 13.0 Å². The van der Waals surface area contributed by atoms with Crippen LogP contribution < -0.4 is 10.5 Å². The summed E-state index contributed by atoms with van der Waals surface area (Å²) in [7, 11) is 1.65. The number of benzene rings is 1. The zero-order chi connectivity index (χ0) is 10.4. The highest BCUT2D eigenvalue weighted by atomic mass is 35.5. The van der Waals surface area contributed by atoms with Gasteiger partial charge in [0.2, 0.25) is 0 Å². The minimum atomic E-state index is 0. The van der Waals surface area contributed by atoms with Gasteiger partial charge in [0.15, 0.2) is 0 Å². The number of halogens is 1. The molecule has 0 saturated carbocycles. The normalized spacial score (nSPS) is 11.7. The molecule has 0 bridgehead atoms. The molecule has 0 fully saturated rings. The second kappa shape index (κ2) is 7.51. The van der Waals surface area contributed by atoms with Crippen LogP contribution in [0.4, 0.5) is 0 Å². The first-order valence-electron chi connectivity index (χ1n) is 4.71. The maximum atomic E-state index is 5.76. The average Bonchev–Trinajstić information content (AvgIpc) is 2.19. The molecule has 1 aromatic carbocycles. The molecule has 3 nitrogen and oxygen atoms in total. The SMILES string of the molecule is COCCOc1cccc(C(C)N)c1.Cl. The van der Waals surface area contributed by atoms with Gasteiger partial charge in [0.25, 0.3) is 0 Å². The molecule has 0 heterocycles. The standard InChI is InChI=1S/C11H17NO2.ClH/c1-9(12)10-4-3-5-11(8-10)14-7-6-13-2;/h3-5,8-9H,6-7,12H2,1-2H3;1H. The van der Waals surface area contributed by atoms with E-state index in [2.05, 4.69) is 0 Å². The summed E-state index contributed by atoms with van der Waals surface area (Å²) in [6.07, 6.45) is 0. The van der Waals surface area contributed by atoms with Gasteiger partial charge in [-0.3, -0.25) is 0 Å². The van der Waals surface area contributed by atoms with Crippen LogP contribution in [0.5, 0.6) is 5.75 Å². The van der Waals surface area contributed by atoms with E-state index in [1.165, 1.54) is 0 Å². The summed E-state index contributed by atoms with van der Waals surface area (Å²) in [5.74, 6) is 0.844. The molecule has 0 amide bonds. The zero-order valence-corrected chi connectivity index (χ0v) is 9.92. The molecule has 4 heteroatoms. The third-order valence-electron chi connectivity index (χ3n) is 1.94. The van der Waals surface area contributed by atoms with Crippen LogP contribution >= 0.6 is 12.4 Å². The summed E-state index contributed by atoms with van der Waals surface area (Å²) in [6, 6.07) is 7.86. The first-order valence-corrected chi connectivity index (χ1v) is 4.71. The van der Waals surface area contributed by atoms with Crippen LogP contribution in [0.1, 0.15) is 18.5 Å². The minimum Gasteiger partial charge on any atom is -0.491 e. The van der Waals surface area contributed by atoms with Crippen LogP contribution in [0.25, 0.3) is 0 Å². The van der Waals surface area contributed by atoms with Gasteiger partial charge in [0.05, 0.1) is 6.61 Å². The zero-order valence-electron chi connectivity index (χ0n) is 9.10. The Balaban J connectivity index is 0.00000196. The fraction of sp³-hybridized carbons (Fsp3) is 0.455. The lowest BCUT2D eigenvalue weighted by molar-refractivity contribution is 0.146. The van der Waals surface area contributed by atoms with E-state index < -0.39 is 0 Å². The van der Waals surface area contributed by atoms with E-state index in [1.54, 1.807) is 7.11 Å². The predicted molar refractivity (Wildman–Crippen MR) is 63.7 cm³/mol. The summed E-state index contributed by atoms with van der Waals surface area (Å²) in [5, 5.41) is 0. The van der Waals surface area contributed by atoms with Gasteiger partial charge in [0, 0.05) is 13.2 Å². The molecule has 0 aromatic heterocycles. The summed E-state index contributed by atoms with van der Waals surface area (Å²) >= 11 is 0. The number of methoxy groups -OCH3 is 1. The molecule has 0 aliphatic heterocycles. The molecule has 0 radical (unpaired) electrons. The molecule has 1 atom stereocenters. The Morgan fingerprint density at radius 1 is 1.33 bits per heavy atom. The van der Waals surface area contributed by atoms with Crippen molar-refractivity contribution < 1.29 is 9.47 Å². The van der Waals surface area contributed by atoms with Gasteiger partial charge in [0.1, 0.15) is 12.4 Å². The molecule has 15 heavy (non-hydrogen) atoms. The Morgan fingerprint density at radius 3 is 2.67 bits per heavy atom. The van der Waals surface area contributed by atoms with Gasteiger partial charge in [-0.1, -0.05) is 12.1 Å². The molecular weight excluding hydrogens is 214 g/mol. The van der Waals surface area contributed by atoms with Crippen molar-refractivity contribution in [3.63, 3.8) is 0 Å². The van der Waals surface area contributed by atoms with Crippen LogP contribution in [0.2, 0.25) is 0 Å². The first-order chi connectivity index (χ1) is 6.74. The molecule has 1 unspecified atom stereocenters. The molecule has 0 aliphatic carbocycles. The van der Waals surface area contributed by atoms with Crippen LogP contribution in [0.15, 0.2) is 24.3 Å². The fourth-order valence-corrected chi connectivity index (χ4v) is 1.13. The lowest BCUT2D eigenvalue weighted by atomic mass is 10.1. The van der Waals surface area contributed by atoms with Crippen molar-refractivity contribution >= 4 is 12.4 Å². The van der Waals surface area contributed by atoms with Crippen LogP contribution in [-0.2, 0) is 4.74 Å². The summed E-state index contributed by atoms with van der Waals surface area (Å²) < 4.78 is 10.3. The highest BCUT2D eigenvalue weighted by molar-refractivity contribution is 5.85. The molecule has 1 rings (SSSR count). The van der Waals surface area contributed by atoms with E-state index in [4.69, 9.17) is 15.2 Å². The molecular formula is C11H18ClNO2. The van der Waals surface area contributed by atoms with E-state index in [0.717, 1.165) is 11.3 Å². The quantitative estimate of drug-likeness (QED) is 0.790. The maximum absolute atomic E-state index is 5.76. The van der Waals surface area contributed by atoms with E-state index in [-0.39, 0.29) is 18.4 Å². The maximum Gasteiger partial charge on any atom is 0.119 e. The van der Waals surface area contributed by atoms with Crippen molar-refractivity contribution in [3.05, 3.63) is 29.8 Å². The summed E-state index contributed by atoms with van der Waals surface area (Å²) in [4.78, 5) is 0. The van der Waals surface area contributed by atoms with Crippen LogP contribution in [0, 0.1) is 0 Å². The second-order valence-corrected chi connectivity index (χ2v) is 3.20. The molecule has 0 saturated heterocycles. The van der Waals surface area contributed by atoms with Gasteiger partial charge in [-0.25, -0.2) is 0 Å². The summed E-state index contributed by atoms with van der Waals surface area (Å²) in [5.41, 5.74) is 6.84. The Hall–Kier alpha value is -0.770. The van der Waals surface area contributed by atoms with E-state index in [0.29, 0.717) is 13.2 Å². The van der Waals surface area contributed by atoms with Crippen LogP contribution in [-0.4, -0.2) is 20.3 Å². The highest BCUT2D eigenvalue weighted by Crippen LogP contribution is 2.17. The lowest BCUT2D eigenvalue weighted by Crippen LogP contribution is -2.07. The number of rotatable bonds is 5. The number of hydrogen-bond donors (Lipinski definition) is 1. The van der Waals surface area contributed by atoms with Crippen molar-refractivity contribution in [1.29, 1.82) is 0 Å². The van der Waals surface area contributed by atoms with E-state index in [1.807, 2.05) is 31.2 Å². The monoisotopic (exact) mass is 231 g/mol. The lowest BCUT2D eigenvalue weighted by Gasteiger charge is -2.09. The van der Waals surface area contributed by atoms with Crippen molar-refractivity contribution in [1.82, 2.24) is 0 Å². The van der Waals surface area contributed by atoms with Gasteiger partial charge in [-0.05, 0) is 24.6 Å². The smallest absolute Gasteiger partial charge is 0.119 e. The van der Waals surface area contributed by atoms with E-state index in [9.17, 15) is 0 Å². The fourth-order valence-electron chi connectivity index (χ4n) is 1.13. The molecule has 0 spiro atoms. The minimum absolute atomic E-state index is 0. The molecule has 1 aromatic rings. The largest absolute Gasteiger partial charge is 0.491 e. The first kappa shape index (κ1) is 14.2. The van der Waals surface area contributed by atoms with Crippen LogP contribution in [0.3, 0.4) is 0 Å². The van der Waals surface area contributed by atoms with Crippen molar-refractivity contribution in [3.8, 4) is 5.75 Å². The Kier molecular flexibility index (Phi) is 7.13. The topological polar surface area (TPSA) is 44.5 Å². The Labute approximate surface area is 97.0 Å². The van der Waals surface area contributed by atoms with Gasteiger partial charge >= 0.3 is 0 Å². The third-order valence-corrected chi connectivity index (χ3v) is 1.94. The van der Waals surface area contributed by atoms with Gasteiger partial charge < -0.3 is 15.2 Å². The third kappa shape index (κ3) is 5.02. The number of nitrogens with two attached hydrogens (primary N) is 1. The molecule has 0 aliphatic rings. The average molecular weight is 232 g/mol. The molecule has 2 N–H and O–H groups in total. The van der Waals surface area contributed by atoms with Crippen molar-refractivity contribution in [2.24, 2.45) is 5.73 Å². The molecule has 86 valence electrons. The Morgan fingerprint density at radius 2 is 2.07 bits per heavy atom. The highest BCUT2D eigenvalue weighted by Gasteiger charge is 2.00. The second-order valence-electron chi connectivity index (χ2n) is 3.20. The van der Waals surface area contributed by atoms with Gasteiger partial charge in [-0.2, -0.15) is 0 Å². The Bertz CT molecular complexity index is 279. The van der Waals surface area contributed by atoms with Crippen molar-refractivity contribution in [2.75, 3.05) is 20.3 Å².